The van der Waals surface area contributed by atoms with E-state index in [-0.39, 0.29) is 11.9 Å². The van der Waals surface area contributed by atoms with Gasteiger partial charge < -0.3 is 10.1 Å². The molecule has 1 atom stereocenters. The standard InChI is InChI=1S/C17H17ClFNO/c1-21-13-7-5-11-3-2-4-16(14(11)10-13)20-17-9-12(18)6-8-15(17)19/h5-10,16,20H,2-4H2,1H3. The van der Waals surface area contributed by atoms with Crippen molar-refractivity contribution in [3.8, 4) is 5.75 Å². The van der Waals surface area contributed by atoms with Gasteiger partial charge in [-0.1, -0.05) is 17.7 Å². The first-order valence-corrected chi connectivity index (χ1v) is 7.43. The van der Waals surface area contributed by atoms with Gasteiger partial charge in [-0.3, -0.25) is 0 Å². The molecule has 1 N–H and O–H groups in total. The predicted molar refractivity (Wildman–Crippen MR) is 83.7 cm³/mol. The van der Waals surface area contributed by atoms with Gasteiger partial charge in [-0.15, -0.1) is 0 Å². The van der Waals surface area contributed by atoms with Crippen LogP contribution in [0.5, 0.6) is 5.75 Å². The number of rotatable bonds is 3. The third-order valence-electron chi connectivity index (χ3n) is 3.93. The molecular weight excluding hydrogens is 289 g/mol. The van der Waals surface area contributed by atoms with Crippen LogP contribution in [0.3, 0.4) is 0 Å². The van der Waals surface area contributed by atoms with Crippen molar-refractivity contribution in [2.45, 2.75) is 25.3 Å². The zero-order valence-corrected chi connectivity index (χ0v) is 12.6. The van der Waals surface area contributed by atoms with Crippen LogP contribution in [0.1, 0.15) is 30.0 Å². The summed E-state index contributed by atoms with van der Waals surface area (Å²) in [5.74, 6) is 0.545. The van der Waals surface area contributed by atoms with Crippen molar-refractivity contribution < 1.29 is 9.13 Å². The number of halogens is 2. The highest BCUT2D eigenvalue weighted by Gasteiger charge is 2.21. The number of ether oxygens (including phenoxy) is 1. The molecule has 0 fully saturated rings. The molecule has 0 saturated carbocycles. The summed E-state index contributed by atoms with van der Waals surface area (Å²) in [5, 5.41) is 3.81. The Kier molecular flexibility index (Phi) is 4.02. The fourth-order valence-electron chi connectivity index (χ4n) is 2.85. The molecular formula is C17H17ClFNO. The average molecular weight is 306 g/mol. The number of methoxy groups -OCH3 is 1. The minimum Gasteiger partial charge on any atom is -0.497 e. The summed E-state index contributed by atoms with van der Waals surface area (Å²) in [7, 11) is 1.66. The lowest BCUT2D eigenvalue weighted by Crippen LogP contribution is -2.18. The number of benzene rings is 2. The second-order valence-corrected chi connectivity index (χ2v) is 5.71. The molecule has 110 valence electrons. The molecule has 0 bridgehead atoms. The van der Waals surface area contributed by atoms with E-state index in [1.807, 2.05) is 12.1 Å². The van der Waals surface area contributed by atoms with Crippen molar-refractivity contribution in [2.24, 2.45) is 0 Å². The predicted octanol–water partition coefficient (Wildman–Crippen LogP) is 4.98. The van der Waals surface area contributed by atoms with E-state index < -0.39 is 0 Å². The zero-order valence-electron chi connectivity index (χ0n) is 11.8. The van der Waals surface area contributed by atoms with Gasteiger partial charge in [0.15, 0.2) is 0 Å². The molecule has 0 aromatic heterocycles. The van der Waals surface area contributed by atoms with Gasteiger partial charge in [0.05, 0.1) is 18.8 Å². The van der Waals surface area contributed by atoms with Gasteiger partial charge in [-0.05, 0) is 60.7 Å². The summed E-state index contributed by atoms with van der Waals surface area (Å²) in [6, 6.07) is 10.8. The van der Waals surface area contributed by atoms with Gasteiger partial charge in [-0.2, -0.15) is 0 Å². The molecule has 2 nitrogen and oxygen atoms in total. The van der Waals surface area contributed by atoms with E-state index in [1.165, 1.54) is 17.2 Å². The van der Waals surface area contributed by atoms with E-state index in [9.17, 15) is 4.39 Å². The van der Waals surface area contributed by atoms with Gasteiger partial charge in [0.1, 0.15) is 11.6 Å². The molecule has 0 saturated heterocycles. The fraction of sp³-hybridized carbons (Fsp3) is 0.294. The largest absolute Gasteiger partial charge is 0.497 e. The number of hydrogen-bond acceptors (Lipinski definition) is 2. The Hall–Kier alpha value is -1.74. The lowest BCUT2D eigenvalue weighted by Gasteiger charge is -2.28. The summed E-state index contributed by atoms with van der Waals surface area (Å²) in [4.78, 5) is 0. The summed E-state index contributed by atoms with van der Waals surface area (Å²) in [6.45, 7) is 0. The average Bonchev–Trinajstić information content (AvgIpc) is 2.51. The van der Waals surface area contributed by atoms with Crippen molar-refractivity contribution in [3.05, 3.63) is 58.4 Å². The first-order chi connectivity index (χ1) is 10.2. The van der Waals surface area contributed by atoms with Crippen LogP contribution in [0.4, 0.5) is 10.1 Å². The van der Waals surface area contributed by atoms with Crippen LogP contribution in [0, 0.1) is 5.82 Å². The van der Waals surface area contributed by atoms with Gasteiger partial charge in [0.25, 0.3) is 0 Å². The van der Waals surface area contributed by atoms with Crippen LogP contribution in [0.15, 0.2) is 36.4 Å². The van der Waals surface area contributed by atoms with Crippen molar-refractivity contribution >= 4 is 17.3 Å². The maximum absolute atomic E-state index is 13.9. The SMILES string of the molecule is COc1ccc2c(c1)C(Nc1cc(Cl)ccc1F)CCC2. The van der Waals surface area contributed by atoms with E-state index in [0.717, 1.165) is 25.0 Å². The topological polar surface area (TPSA) is 21.3 Å². The van der Waals surface area contributed by atoms with Crippen molar-refractivity contribution in [1.82, 2.24) is 0 Å². The Labute approximate surface area is 128 Å². The monoisotopic (exact) mass is 305 g/mol. The zero-order chi connectivity index (χ0) is 14.8. The maximum Gasteiger partial charge on any atom is 0.146 e. The number of aryl methyl sites for hydroxylation is 1. The van der Waals surface area contributed by atoms with Crippen molar-refractivity contribution in [1.29, 1.82) is 0 Å². The first kappa shape index (κ1) is 14.2. The molecule has 0 heterocycles. The van der Waals surface area contributed by atoms with E-state index >= 15 is 0 Å². The second-order valence-electron chi connectivity index (χ2n) is 5.28. The van der Waals surface area contributed by atoms with Gasteiger partial charge in [-0.25, -0.2) is 4.39 Å². The highest BCUT2D eigenvalue weighted by Crippen LogP contribution is 2.35. The first-order valence-electron chi connectivity index (χ1n) is 7.06. The smallest absolute Gasteiger partial charge is 0.146 e. The third-order valence-corrected chi connectivity index (χ3v) is 4.16. The maximum atomic E-state index is 13.9. The van der Waals surface area contributed by atoms with Crippen LogP contribution in [-0.2, 0) is 6.42 Å². The molecule has 0 radical (unpaired) electrons. The number of nitrogens with one attached hydrogen (secondary N) is 1. The van der Waals surface area contributed by atoms with Crippen LogP contribution in [0.2, 0.25) is 5.02 Å². The molecule has 1 aliphatic rings. The van der Waals surface area contributed by atoms with E-state index in [4.69, 9.17) is 16.3 Å². The fourth-order valence-corrected chi connectivity index (χ4v) is 3.02. The van der Waals surface area contributed by atoms with E-state index in [0.29, 0.717) is 10.7 Å². The van der Waals surface area contributed by atoms with Crippen LogP contribution < -0.4 is 10.1 Å². The summed E-state index contributed by atoms with van der Waals surface area (Å²) in [5.41, 5.74) is 2.92. The van der Waals surface area contributed by atoms with Crippen LogP contribution in [-0.4, -0.2) is 7.11 Å². The minimum absolute atomic E-state index is 0.0804. The molecule has 1 aliphatic carbocycles. The van der Waals surface area contributed by atoms with E-state index in [2.05, 4.69) is 11.4 Å². The summed E-state index contributed by atoms with van der Waals surface area (Å²) >= 11 is 5.96. The highest BCUT2D eigenvalue weighted by atomic mass is 35.5. The lowest BCUT2D eigenvalue weighted by molar-refractivity contribution is 0.413. The van der Waals surface area contributed by atoms with Gasteiger partial charge in [0, 0.05) is 5.02 Å². The molecule has 2 aromatic rings. The number of fused-ring (bicyclic) bond motifs is 1. The Morgan fingerprint density at radius 2 is 2.10 bits per heavy atom. The molecule has 0 spiro atoms. The number of anilines is 1. The van der Waals surface area contributed by atoms with Gasteiger partial charge >= 0.3 is 0 Å². The second kappa shape index (κ2) is 5.94. The molecule has 2 aromatic carbocycles. The van der Waals surface area contributed by atoms with Gasteiger partial charge in [0.2, 0.25) is 0 Å². The Bertz CT molecular complexity index is 659. The van der Waals surface area contributed by atoms with E-state index in [1.54, 1.807) is 19.2 Å². The quantitative estimate of drug-likeness (QED) is 0.863. The lowest BCUT2D eigenvalue weighted by atomic mass is 9.87. The Morgan fingerprint density at radius 3 is 2.90 bits per heavy atom. The molecule has 3 rings (SSSR count). The Balaban J connectivity index is 1.92. The van der Waals surface area contributed by atoms with Crippen molar-refractivity contribution in [2.75, 3.05) is 12.4 Å². The molecule has 21 heavy (non-hydrogen) atoms. The third kappa shape index (κ3) is 2.98. The molecule has 1 unspecified atom stereocenters. The molecule has 0 aliphatic heterocycles. The summed E-state index contributed by atoms with van der Waals surface area (Å²) in [6.07, 6.45) is 3.10. The van der Waals surface area contributed by atoms with Crippen molar-refractivity contribution in [3.63, 3.8) is 0 Å². The minimum atomic E-state index is -0.283. The Morgan fingerprint density at radius 1 is 1.24 bits per heavy atom. The van der Waals surface area contributed by atoms with Crippen LogP contribution >= 0.6 is 11.6 Å². The number of hydrogen-bond donors (Lipinski definition) is 1. The summed E-state index contributed by atoms with van der Waals surface area (Å²) < 4.78 is 19.2. The highest BCUT2D eigenvalue weighted by molar-refractivity contribution is 6.30. The van der Waals surface area contributed by atoms with Crippen LogP contribution in [0.25, 0.3) is 0 Å². The molecule has 0 amide bonds. The normalized spacial score (nSPS) is 17.2. The molecule has 4 heteroatoms.